The van der Waals surface area contributed by atoms with E-state index in [2.05, 4.69) is 47.6 Å². The Hall–Kier alpha value is -2.42. The van der Waals surface area contributed by atoms with Crippen LogP contribution in [0, 0.1) is 50.2 Å². The number of fused-ring (bicyclic) bond motifs is 5. The number of nitriles is 1. The molecule has 1 amide bonds. The first-order chi connectivity index (χ1) is 18.5. The predicted octanol–water partition coefficient (Wildman–Crippen LogP) is 7.19. The van der Waals surface area contributed by atoms with E-state index < -0.39 is 10.8 Å². The summed E-state index contributed by atoms with van der Waals surface area (Å²) in [6.07, 6.45) is 11.1. The number of hydrogen-bond donors (Lipinski definition) is 0. The molecule has 0 spiro atoms. The van der Waals surface area contributed by atoms with Gasteiger partial charge in [0.1, 0.15) is 12.7 Å². The summed E-state index contributed by atoms with van der Waals surface area (Å²) in [7, 11) is 0. The number of hydrogen-bond acceptors (Lipinski definition) is 5. The second-order valence-electron chi connectivity index (χ2n) is 15.5. The molecule has 0 bridgehead atoms. The number of rotatable bonds is 5. The zero-order chi connectivity index (χ0) is 29.5. The van der Waals surface area contributed by atoms with Crippen LogP contribution in [-0.2, 0) is 14.3 Å². The summed E-state index contributed by atoms with van der Waals surface area (Å²) in [5.41, 5.74) is -0.326. The molecule has 0 N–H and O–H groups in total. The standard InChI is InChI=1S/C34H48N2O4/c1-9-31(5,36-16-17-40-28(36)39)14-12-30(4)13-15-33(7)23(20-30)24(37)18-26-32(6)19-22(21-35)27(38)29(2,3)25(32)10-11-34(26,33)8/h18-19,23,25H,9-17,20H2,1-8H3/t23-,25-,30+,31?,32-,33+,34+/m0/s1. The maximum atomic E-state index is 14.1. The Morgan fingerprint density at radius 3 is 2.40 bits per heavy atom. The summed E-state index contributed by atoms with van der Waals surface area (Å²) in [5, 5.41) is 9.86. The lowest BCUT2D eigenvalue weighted by Crippen LogP contribution is -2.61. The third-order valence-electron chi connectivity index (χ3n) is 13.1. The Bertz CT molecular complexity index is 1260. The van der Waals surface area contributed by atoms with Crippen molar-refractivity contribution in [3.8, 4) is 6.07 Å². The van der Waals surface area contributed by atoms with E-state index >= 15 is 0 Å². The van der Waals surface area contributed by atoms with Crippen molar-refractivity contribution in [2.45, 2.75) is 112 Å². The van der Waals surface area contributed by atoms with E-state index in [1.165, 1.54) is 0 Å². The predicted molar refractivity (Wildman–Crippen MR) is 154 cm³/mol. The average Bonchev–Trinajstić information content (AvgIpc) is 3.34. The molecule has 6 nitrogen and oxygen atoms in total. The van der Waals surface area contributed by atoms with Crippen LogP contribution in [0.15, 0.2) is 23.3 Å². The smallest absolute Gasteiger partial charge is 0.410 e. The number of carbonyl (C=O) groups is 3. The summed E-state index contributed by atoms with van der Waals surface area (Å²) in [6.45, 7) is 18.6. The highest BCUT2D eigenvalue weighted by Gasteiger charge is 2.66. The quantitative estimate of drug-likeness (QED) is 0.363. The van der Waals surface area contributed by atoms with Crippen molar-refractivity contribution >= 4 is 17.7 Å². The van der Waals surface area contributed by atoms with Gasteiger partial charge in [0.15, 0.2) is 11.6 Å². The molecule has 40 heavy (non-hydrogen) atoms. The minimum atomic E-state index is -0.642. The van der Waals surface area contributed by atoms with Crippen LogP contribution in [0.1, 0.15) is 107 Å². The van der Waals surface area contributed by atoms with Crippen molar-refractivity contribution in [3.63, 3.8) is 0 Å². The number of carbonyl (C=O) groups excluding carboxylic acids is 3. The molecule has 2 saturated carbocycles. The number of amides is 1. The van der Waals surface area contributed by atoms with Crippen LogP contribution in [0.4, 0.5) is 4.79 Å². The molecule has 1 saturated heterocycles. The van der Waals surface area contributed by atoms with Crippen molar-refractivity contribution in [1.82, 2.24) is 4.90 Å². The Kier molecular flexibility index (Phi) is 6.57. The molecule has 1 aliphatic heterocycles. The van der Waals surface area contributed by atoms with Crippen molar-refractivity contribution in [3.05, 3.63) is 23.3 Å². The van der Waals surface area contributed by atoms with Crippen molar-refractivity contribution in [2.75, 3.05) is 13.2 Å². The van der Waals surface area contributed by atoms with Gasteiger partial charge in [0.25, 0.3) is 0 Å². The van der Waals surface area contributed by atoms with Crippen LogP contribution in [0.25, 0.3) is 0 Å². The molecule has 218 valence electrons. The second kappa shape index (κ2) is 9.04. The highest BCUT2D eigenvalue weighted by molar-refractivity contribution is 6.04. The van der Waals surface area contributed by atoms with Gasteiger partial charge in [-0.15, -0.1) is 0 Å². The van der Waals surface area contributed by atoms with Crippen molar-refractivity contribution in [1.29, 1.82) is 5.26 Å². The molecule has 0 aromatic heterocycles. The molecule has 7 atom stereocenters. The van der Waals surface area contributed by atoms with Gasteiger partial charge in [0.05, 0.1) is 12.1 Å². The van der Waals surface area contributed by atoms with E-state index in [0.717, 1.165) is 56.9 Å². The second-order valence-corrected chi connectivity index (χ2v) is 15.5. The van der Waals surface area contributed by atoms with E-state index in [0.29, 0.717) is 13.2 Å². The van der Waals surface area contributed by atoms with Crippen LogP contribution in [0.2, 0.25) is 0 Å². The van der Waals surface area contributed by atoms with Gasteiger partial charge in [-0.25, -0.2) is 4.79 Å². The van der Waals surface area contributed by atoms with Gasteiger partial charge in [0, 0.05) is 22.3 Å². The van der Waals surface area contributed by atoms with Gasteiger partial charge in [-0.2, -0.15) is 5.26 Å². The number of ether oxygens (including phenoxy) is 1. The zero-order valence-electron chi connectivity index (χ0n) is 25.9. The molecule has 0 aromatic carbocycles. The highest BCUT2D eigenvalue weighted by Crippen LogP contribution is 2.72. The fourth-order valence-electron chi connectivity index (χ4n) is 9.86. The highest BCUT2D eigenvalue weighted by atomic mass is 16.6. The molecule has 1 unspecified atom stereocenters. The molecule has 0 aromatic rings. The maximum Gasteiger partial charge on any atom is 0.410 e. The molecule has 5 aliphatic rings. The Morgan fingerprint density at radius 1 is 1.10 bits per heavy atom. The fraction of sp³-hybridized carbons (Fsp3) is 0.765. The van der Waals surface area contributed by atoms with E-state index in [9.17, 15) is 19.6 Å². The molecule has 5 rings (SSSR count). The molecule has 1 heterocycles. The van der Waals surface area contributed by atoms with E-state index in [1.54, 1.807) is 0 Å². The van der Waals surface area contributed by atoms with Crippen LogP contribution in [0.3, 0.4) is 0 Å². The lowest BCUT2D eigenvalue weighted by Gasteiger charge is -2.66. The minimum absolute atomic E-state index is 0.0236. The van der Waals surface area contributed by atoms with Gasteiger partial charge in [0.2, 0.25) is 0 Å². The third-order valence-corrected chi connectivity index (χ3v) is 13.1. The number of Topliss-reactive ketones (excluding diaryl/α,β-unsaturated/α-hetero) is 1. The Balaban J connectivity index is 1.46. The summed E-state index contributed by atoms with van der Waals surface area (Å²) < 4.78 is 5.26. The number of ketones is 2. The van der Waals surface area contributed by atoms with Crippen LogP contribution in [0.5, 0.6) is 0 Å². The van der Waals surface area contributed by atoms with Crippen LogP contribution >= 0.6 is 0 Å². The van der Waals surface area contributed by atoms with Gasteiger partial charge in [-0.05, 0) is 86.5 Å². The summed E-state index contributed by atoms with van der Waals surface area (Å²) in [5.74, 6) is 0.158. The van der Waals surface area contributed by atoms with Gasteiger partial charge < -0.3 is 4.74 Å². The SMILES string of the molecule is CCC(C)(CC[C@]1(C)CC[C@]2(C)[C@@H](C1)C(=O)C=C1[C@@]3(C)C=C(C#N)C(=O)C(C)(C)[C@@H]3CC[C@]12C)N1CCOC1=O. The molecular formula is C34H48N2O4. The average molecular weight is 549 g/mol. The first-order valence-electron chi connectivity index (χ1n) is 15.4. The fourth-order valence-corrected chi connectivity index (χ4v) is 9.86. The summed E-state index contributed by atoms with van der Waals surface area (Å²) >= 11 is 0. The number of cyclic esters (lactones) is 1. The molecule has 4 aliphatic carbocycles. The zero-order valence-corrected chi connectivity index (χ0v) is 25.9. The van der Waals surface area contributed by atoms with E-state index in [4.69, 9.17) is 4.74 Å². The third kappa shape index (κ3) is 3.82. The van der Waals surface area contributed by atoms with Crippen molar-refractivity contribution < 1.29 is 19.1 Å². The Morgan fingerprint density at radius 2 is 1.80 bits per heavy atom. The van der Waals surface area contributed by atoms with Gasteiger partial charge >= 0.3 is 6.09 Å². The summed E-state index contributed by atoms with van der Waals surface area (Å²) in [4.78, 5) is 41.6. The Labute approximate surface area is 240 Å². The lowest BCUT2D eigenvalue weighted by atomic mass is 9.37. The van der Waals surface area contributed by atoms with Crippen LogP contribution in [-0.4, -0.2) is 41.3 Å². The molecule has 3 fully saturated rings. The molecule has 0 radical (unpaired) electrons. The first kappa shape index (κ1) is 29.1. The maximum absolute atomic E-state index is 14.1. The number of nitrogens with zero attached hydrogens (tertiary/aromatic N) is 2. The normalized spacial score (nSPS) is 42.0. The van der Waals surface area contributed by atoms with Gasteiger partial charge in [-0.1, -0.05) is 60.1 Å². The van der Waals surface area contributed by atoms with Crippen molar-refractivity contribution in [2.24, 2.45) is 38.9 Å². The monoisotopic (exact) mass is 548 g/mol. The van der Waals surface area contributed by atoms with E-state index in [-0.39, 0.29) is 56.9 Å². The lowest BCUT2D eigenvalue weighted by molar-refractivity contribution is -0.146. The minimum Gasteiger partial charge on any atom is -0.448 e. The largest absolute Gasteiger partial charge is 0.448 e. The molecular weight excluding hydrogens is 500 g/mol. The van der Waals surface area contributed by atoms with E-state index in [1.807, 2.05) is 30.9 Å². The van der Waals surface area contributed by atoms with Crippen LogP contribution < -0.4 is 0 Å². The number of allylic oxidation sites excluding steroid dienone is 4. The topological polar surface area (TPSA) is 87.5 Å². The first-order valence-corrected chi connectivity index (χ1v) is 15.4. The van der Waals surface area contributed by atoms with Gasteiger partial charge in [-0.3, -0.25) is 14.5 Å². The molecule has 6 heteroatoms. The summed E-state index contributed by atoms with van der Waals surface area (Å²) in [6, 6.07) is 2.18.